The predicted octanol–water partition coefficient (Wildman–Crippen LogP) is -0.454. The van der Waals surface area contributed by atoms with Gasteiger partial charge in [0.1, 0.15) is 0 Å². The zero-order valence-electron chi connectivity index (χ0n) is 4.96. The van der Waals surface area contributed by atoms with E-state index in [1.165, 1.54) is 0 Å². The average molecular weight is 175 g/mol. The molecule has 9 heavy (non-hydrogen) atoms. The second-order valence-electron chi connectivity index (χ2n) is 1.81. The molecule has 5 heteroatoms. The predicted molar refractivity (Wildman–Crippen MR) is 41.1 cm³/mol. The molecule has 3 N–H and O–H groups in total. The van der Waals surface area contributed by atoms with Crippen LogP contribution in [0.4, 0.5) is 0 Å². The van der Waals surface area contributed by atoms with Crippen molar-refractivity contribution in [2.75, 3.05) is 19.7 Å². The summed E-state index contributed by atoms with van der Waals surface area (Å²) >= 11 is 0. The quantitative estimate of drug-likeness (QED) is 0.505. The number of aliphatic hydroxyl groups excluding tert-OH is 1. The molecule has 0 aromatic carbocycles. The van der Waals surface area contributed by atoms with Crippen molar-refractivity contribution >= 4 is 24.8 Å². The monoisotopic (exact) mass is 174 g/mol. The Kier molecular flexibility index (Phi) is 8.89. The molecule has 0 amide bonds. The van der Waals surface area contributed by atoms with Crippen LogP contribution in [-0.4, -0.2) is 24.8 Å². The van der Waals surface area contributed by atoms with E-state index in [-0.39, 0.29) is 24.8 Å². The van der Waals surface area contributed by atoms with E-state index in [1.807, 2.05) is 0 Å². The molecule has 1 rings (SSSR count). The van der Waals surface area contributed by atoms with Gasteiger partial charge in [-0.2, -0.15) is 0 Å². The van der Waals surface area contributed by atoms with E-state index in [4.69, 9.17) is 5.11 Å². The summed E-state index contributed by atoms with van der Waals surface area (Å²) in [5, 5.41) is 8.49. The first-order valence-electron chi connectivity index (χ1n) is 2.50. The van der Waals surface area contributed by atoms with E-state index in [1.54, 1.807) is 0 Å². The standard InChI is InChI=1S/C4H10N2O.2ClH/c7-3-4-1-5-6-2-4;;/h4-7H,1-3H2;2*1H. The first-order chi connectivity index (χ1) is 3.43. The summed E-state index contributed by atoms with van der Waals surface area (Å²) in [5.41, 5.74) is 5.83. The summed E-state index contributed by atoms with van der Waals surface area (Å²) in [6.45, 7) is 2.09. The lowest BCUT2D eigenvalue weighted by Gasteiger charge is -1.96. The first kappa shape index (κ1) is 12.2. The second kappa shape index (κ2) is 6.58. The number of hydrogen-bond donors (Lipinski definition) is 3. The third-order valence-electron chi connectivity index (χ3n) is 1.16. The molecule has 3 nitrogen and oxygen atoms in total. The van der Waals surface area contributed by atoms with E-state index >= 15 is 0 Å². The highest BCUT2D eigenvalue weighted by atomic mass is 35.5. The van der Waals surface area contributed by atoms with Gasteiger partial charge in [-0.25, -0.2) is 0 Å². The summed E-state index contributed by atoms with van der Waals surface area (Å²) in [6, 6.07) is 0. The van der Waals surface area contributed by atoms with Gasteiger partial charge < -0.3 is 5.11 Å². The van der Waals surface area contributed by atoms with Gasteiger partial charge in [0.15, 0.2) is 0 Å². The Morgan fingerprint density at radius 2 is 1.67 bits per heavy atom. The zero-order chi connectivity index (χ0) is 5.11. The molecule has 0 atom stereocenters. The molecule has 58 valence electrons. The highest BCUT2D eigenvalue weighted by Gasteiger charge is 2.10. The van der Waals surface area contributed by atoms with Gasteiger partial charge in [-0.3, -0.25) is 10.9 Å². The Hall–Kier alpha value is 0.460. The summed E-state index contributed by atoms with van der Waals surface area (Å²) in [4.78, 5) is 0. The number of aliphatic hydroxyl groups is 1. The van der Waals surface area contributed by atoms with Crippen LogP contribution in [0.2, 0.25) is 0 Å². The van der Waals surface area contributed by atoms with Crippen LogP contribution in [0.3, 0.4) is 0 Å². The summed E-state index contributed by atoms with van der Waals surface area (Å²) in [7, 11) is 0. The van der Waals surface area contributed by atoms with E-state index in [0.29, 0.717) is 12.5 Å². The van der Waals surface area contributed by atoms with Crippen LogP contribution in [0.5, 0.6) is 0 Å². The highest BCUT2D eigenvalue weighted by molar-refractivity contribution is 5.85. The molecule has 0 aromatic heterocycles. The van der Waals surface area contributed by atoms with Crippen LogP contribution < -0.4 is 10.9 Å². The Labute approximate surface area is 67.0 Å². The minimum atomic E-state index is 0. The van der Waals surface area contributed by atoms with Crippen molar-refractivity contribution < 1.29 is 5.11 Å². The smallest absolute Gasteiger partial charge is 0.0484 e. The third kappa shape index (κ3) is 3.95. The Morgan fingerprint density at radius 3 is 1.89 bits per heavy atom. The normalized spacial score (nSPS) is 18.3. The van der Waals surface area contributed by atoms with Gasteiger partial charge in [-0.1, -0.05) is 0 Å². The molecule has 0 saturated carbocycles. The number of hydrazine groups is 1. The molecule has 1 aliphatic heterocycles. The minimum Gasteiger partial charge on any atom is -0.396 e. The number of halogens is 2. The molecule has 0 spiro atoms. The third-order valence-corrected chi connectivity index (χ3v) is 1.16. The topological polar surface area (TPSA) is 44.3 Å². The van der Waals surface area contributed by atoms with E-state index < -0.39 is 0 Å². The molecular formula is C4H12Cl2N2O. The maximum atomic E-state index is 8.49. The van der Waals surface area contributed by atoms with Gasteiger partial charge in [-0.05, 0) is 0 Å². The van der Waals surface area contributed by atoms with Gasteiger partial charge in [-0.15, -0.1) is 24.8 Å². The Balaban J connectivity index is 0. The van der Waals surface area contributed by atoms with Crippen LogP contribution in [0, 0.1) is 5.92 Å². The molecule has 0 radical (unpaired) electrons. The Bertz CT molecular complexity index is 58.5. The van der Waals surface area contributed by atoms with Crippen molar-refractivity contribution in [1.29, 1.82) is 0 Å². The van der Waals surface area contributed by atoms with E-state index in [0.717, 1.165) is 13.1 Å². The fraction of sp³-hybridized carbons (Fsp3) is 1.00. The molecule has 0 bridgehead atoms. The molecule has 1 heterocycles. The number of nitrogens with one attached hydrogen (secondary N) is 2. The van der Waals surface area contributed by atoms with Crippen LogP contribution in [0.15, 0.2) is 0 Å². The van der Waals surface area contributed by atoms with Gasteiger partial charge in [0, 0.05) is 25.6 Å². The van der Waals surface area contributed by atoms with Crippen LogP contribution >= 0.6 is 24.8 Å². The molecule has 0 aliphatic carbocycles. The summed E-state index contributed by atoms with van der Waals surface area (Å²) < 4.78 is 0. The van der Waals surface area contributed by atoms with Crippen LogP contribution in [0.25, 0.3) is 0 Å². The van der Waals surface area contributed by atoms with Crippen molar-refractivity contribution in [1.82, 2.24) is 10.9 Å². The lowest BCUT2D eigenvalue weighted by molar-refractivity contribution is 0.243. The van der Waals surface area contributed by atoms with Gasteiger partial charge in [0.2, 0.25) is 0 Å². The van der Waals surface area contributed by atoms with E-state index in [2.05, 4.69) is 10.9 Å². The molecule has 0 unspecified atom stereocenters. The first-order valence-corrected chi connectivity index (χ1v) is 2.50. The molecule has 1 fully saturated rings. The van der Waals surface area contributed by atoms with Crippen molar-refractivity contribution in [3.63, 3.8) is 0 Å². The summed E-state index contributed by atoms with van der Waals surface area (Å²) in [5.74, 6) is 0.431. The zero-order valence-corrected chi connectivity index (χ0v) is 6.60. The largest absolute Gasteiger partial charge is 0.396 e. The fourth-order valence-electron chi connectivity index (χ4n) is 0.634. The van der Waals surface area contributed by atoms with Crippen LogP contribution in [0.1, 0.15) is 0 Å². The molecular weight excluding hydrogens is 163 g/mol. The minimum absolute atomic E-state index is 0. The van der Waals surface area contributed by atoms with Gasteiger partial charge >= 0.3 is 0 Å². The lowest BCUT2D eigenvalue weighted by Crippen LogP contribution is -2.21. The van der Waals surface area contributed by atoms with Crippen molar-refractivity contribution in [3.05, 3.63) is 0 Å². The number of rotatable bonds is 1. The fourth-order valence-corrected chi connectivity index (χ4v) is 0.634. The van der Waals surface area contributed by atoms with Crippen molar-refractivity contribution in [2.24, 2.45) is 5.92 Å². The van der Waals surface area contributed by atoms with E-state index in [9.17, 15) is 0 Å². The molecule has 1 saturated heterocycles. The molecule has 0 aromatic rings. The SMILES string of the molecule is Cl.Cl.OCC1CNNC1. The highest BCUT2D eigenvalue weighted by Crippen LogP contribution is 1.92. The van der Waals surface area contributed by atoms with Gasteiger partial charge in [0.05, 0.1) is 0 Å². The van der Waals surface area contributed by atoms with Crippen molar-refractivity contribution in [3.8, 4) is 0 Å². The summed E-state index contributed by atoms with van der Waals surface area (Å²) in [6.07, 6.45) is 0. The van der Waals surface area contributed by atoms with Crippen molar-refractivity contribution in [2.45, 2.75) is 0 Å². The van der Waals surface area contributed by atoms with Crippen LogP contribution in [-0.2, 0) is 0 Å². The maximum Gasteiger partial charge on any atom is 0.0484 e. The second-order valence-corrected chi connectivity index (χ2v) is 1.81. The average Bonchev–Trinajstić information content (AvgIpc) is 2.14. The maximum absolute atomic E-state index is 8.49. The lowest BCUT2D eigenvalue weighted by atomic mass is 10.2. The number of hydrogen-bond acceptors (Lipinski definition) is 3. The molecule has 1 aliphatic rings. The van der Waals surface area contributed by atoms with Gasteiger partial charge in [0.25, 0.3) is 0 Å². The Morgan fingerprint density at radius 1 is 1.22 bits per heavy atom.